The number of carbonyl (C=O) groups is 2. The zero-order chi connectivity index (χ0) is 23.8. The smallest absolute Gasteiger partial charge is 0.291 e. The second kappa shape index (κ2) is 9.27. The van der Waals surface area contributed by atoms with E-state index in [1.807, 2.05) is 0 Å². The van der Waals surface area contributed by atoms with Gasteiger partial charge in [0.1, 0.15) is 17.3 Å². The Kier molecular flexibility index (Phi) is 6.18. The summed E-state index contributed by atoms with van der Waals surface area (Å²) in [6, 6.07) is 3.43. The van der Waals surface area contributed by atoms with Gasteiger partial charge in [0.05, 0.1) is 25.9 Å². The first-order valence-corrected chi connectivity index (χ1v) is 11.4. The first-order chi connectivity index (χ1) is 16.4. The van der Waals surface area contributed by atoms with Crippen molar-refractivity contribution < 1.29 is 23.2 Å². The number of benzene rings is 1. The molecule has 8 nitrogen and oxygen atoms in total. The van der Waals surface area contributed by atoms with Gasteiger partial charge in [0.25, 0.3) is 5.91 Å². The highest BCUT2D eigenvalue weighted by atomic mass is 19.1. The number of hydrogen-bond acceptors (Lipinski definition) is 6. The second-order valence-corrected chi connectivity index (χ2v) is 9.17. The third kappa shape index (κ3) is 4.35. The molecular weight excluding hydrogens is 444 g/mol. The molecule has 2 N–H and O–H groups in total. The van der Waals surface area contributed by atoms with Crippen molar-refractivity contribution in [2.75, 3.05) is 46.4 Å². The molecule has 0 bridgehead atoms. The quantitative estimate of drug-likeness (QED) is 0.609. The van der Waals surface area contributed by atoms with Crippen molar-refractivity contribution in [2.45, 2.75) is 13.0 Å². The molecular formula is C24H27F2N5O3. The molecule has 0 aromatic heterocycles. The molecule has 2 saturated heterocycles. The van der Waals surface area contributed by atoms with Crippen molar-refractivity contribution in [3.63, 3.8) is 0 Å². The molecule has 1 aromatic rings. The SMILES string of the molecule is CONC(=O)C1=CC2=C(CN3CC[C@@H]4C(=O)NC[C@@H]4C3)CN=C2CN1Cc1ccc(F)cc1F. The Hall–Kier alpha value is -3.11. The van der Waals surface area contributed by atoms with Crippen LogP contribution in [0, 0.1) is 23.5 Å². The number of nitrogens with one attached hydrogen (secondary N) is 2. The van der Waals surface area contributed by atoms with E-state index >= 15 is 0 Å². The van der Waals surface area contributed by atoms with E-state index in [0.717, 1.165) is 55.5 Å². The Balaban J connectivity index is 1.38. The van der Waals surface area contributed by atoms with E-state index in [4.69, 9.17) is 9.83 Å². The van der Waals surface area contributed by atoms with Gasteiger partial charge in [-0.1, -0.05) is 6.07 Å². The summed E-state index contributed by atoms with van der Waals surface area (Å²) in [4.78, 5) is 38.3. The highest BCUT2D eigenvalue weighted by Crippen LogP contribution is 2.31. The second-order valence-electron chi connectivity index (χ2n) is 9.17. The van der Waals surface area contributed by atoms with Crippen LogP contribution in [0.1, 0.15) is 12.0 Å². The average molecular weight is 472 g/mol. The van der Waals surface area contributed by atoms with Crippen molar-refractivity contribution in [2.24, 2.45) is 16.8 Å². The topological polar surface area (TPSA) is 86.3 Å². The predicted molar refractivity (Wildman–Crippen MR) is 120 cm³/mol. The molecule has 2 atom stereocenters. The first kappa shape index (κ1) is 22.7. The lowest BCUT2D eigenvalue weighted by Crippen LogP contribution is -2.42. The lowest BCUT2D eigenvalue weighted by atomic mass is 9.88. The van der Waals surface area contributed by atoms with Crippen molar-refractivity contribution >= 4 is 17.5 Å². The number of likely N-dealkylation sites (tertiary alicyclic amines) is 1. The summed E-state index contributed by atoms with van der Waals surface area (Å²) in [6.45, 7) is 4.12. The van der Waals surface area contributed by atoms with Gasteiger partial charge in [-0.3, -0.25) is 24.3 Å². The van der Waals surface area contributed by atoms with Crippen molar-refractivity contribution in [3.05, 3.63) is 58.3 Å². The highest BCUT2D eigenvalue weighted by Gasteiger charge is 2.39. The predicted octanol–water partition coefficient (Wildman–Crippen LogP) is 1.16. The standard InChI is InChI=1S/C24H27F2N5O3/c1-34-29-24(33)22-7-19-16(11-30-5-4-18-15(10-30)9-28-23(18)32)8-27-21(19)13-31(22)12-14-2-3-17(25)6-20(14)26/h2-3,6-7,15,18H,4-5,8-13H2,1H3,(H,28,32)(H,29,33)/t15-,18+/m1/s1. The zero-order valence-corrected chi connectivity index (χ0v) is 18.9. The summed E-state index contributed by atoms with van der Waals surface area (Å²) in [5.74, 6) is -1.14. The van der Waals surface area contributed by atoms with Gasteiger partial charge in [-0.05, 0) is 30.7 Å². The molecule has 4 aliphatic heterocycles. The third-order valence-electron chi connectivity index (χ3n) is 7.03. The van der Waals surface area contributed by atoms with E-state index in [0.29, 0.717) is 24.7 Å². The van der Waals surface area contributed by atoms with Crippen LogP contribution in [-0.4, -0.2) is 73.7 Å². The molecule has 4 aliphatic rings. The van der Waals surface area contributed by atoms with Crippen molar-refractivity contribution in [3.8, 4) is 0 Å². The molecule has 2 fully saturated rings. The van der Waals surface area contributed by atoms with E-state index in [1.54, 1.807) is 11.0 Å². The first-order valence-electron chi connectivity index (χ1n) is 11.4. The van der Waals surface area contributed by atoms with Crippen LogP contribution in [0.3, 0.4) is 0 Å². The Morgan fingerprint density at radius 1 is 1.32 bits per heavy atom. The number of aliphatic imine (C=N–C) groups is 1. The van der Waals surface area contributed by atoms with Crippen LogP contribution >= 0.6 is 0 Å². The van der Waals surface area contributed by atoms with Gasteiger partial charge < -0.3 is 10.2 Å². The van der Waals surface area contributed by atoms with Crippen molar-refractivity contribution in [1.29, 1.82) is 0 Å². The third-order valence-corrected chi connectivity index (χ3v) is 7.03. The molecule has 10 heteroatoms. The van der Waals surface area contributed by atoms with Crippen LogP contribution in [0.25, 0.3) is 0 Å². The Morgan fingerprint density at radius 3 is 2.97 bits per heavy atom. The molecule has 0 aliphatic carbocycles. The van der Waals surface area contributed by atoms with Gasteiger partial charge >= 0.3 is 0 Å². The molecule has 0 radical (unpaired) electrons. The maximum Gasteiger partial charge on any atom is 0.291 e. The Bertz CT molecular complexity index is 1120. The molecule has 5 rings (SSSR count). The van der Waals surface area contributed by atoms with Gasteiger partial charge in [-0.25, -0.2) is 14.3 Å². The maximum atomic E-state index is 14.3. The van der Waals surface area contributed by atoms with Gasteiger partial charge in [-0.15, -0.1) is 0 Å². The summed E-state index contributed by atoms with van der Waals surface area (Å²) in [6.07, 6.45) is 2.63. The number of nitrogens with zero attached hydrogens (tertiary/aromatic N) is 3. The number of hydrogen-bond donors (Lipinski definition) is 2. The van der Waals surface area contributed by atoms with Crippen molar-refractivity contribution in [1.82, 2.24) is 20.6 Å². The molecule has 4 heterocycles. The number of piperidine rings is 1. The van der Waals surface area contributed by atoms with E-state index in [2.05, 4.69) is 15.7 Å². The van der Waals surface area contributed by atoms with Gasteiger partial charge in [0.15, 0.2) is 0 Å². The Morgan fingerprint density at radius 2 is 2.18 bits per heavy atom. The molecule has 0 unspecified atom stereocenters. The van der Waals surface area contributed by atoms with Crippen LogP contribution in [-0.2, 0) is 21.0 Å². The summed E-state index contributed by atoms with van der Waals surface area (Å²) in [7, 11) is 1.35. The van der Waals surface area contributed by atoms with Crippen LogP contribution in [0.4, 0.5) is 8.78 Å². The number of hydroxylamine groups is 1. The number of carbonyl (C=O) groups excluding carboxylic acids is 2. The molecule has 1 aromatic carbocycles. The van der Waals surface area contributed by atoms with Gasteiger partial charge in [0, 0.05) is 55.2 Å². The minimum absolute atomic E-state index is 0.0902. The number of halogens is 2. The summed E-state index contributed by atoms with van der Waals surface area (Å²) >= 11 is 0. The van der Waals surface area contributed by atoms with Gasteiger partial charge in [0.2, 0.25) is 5.91 Å². The summed E-state index contributed by atoms with van der Waals surface area (Å²) in [5.41, 5.74) is 5.87. The van der Waals surface area contributed by atoms with E-state index < -0.39 is 17.5 Å². The Labute approximate surface area is 196 Å². The maximum absolute atomic E-state index is 14.3. The average Bonchev–Trinajstić information content (AvgIpc) is 3.38. The lowest BCUT2D eigenvalue weighted by molar-refractivity contribution is -0.129. The fourth-order valence-corrected chi connectivity index (χ4v) is 5.30. The summed E-state index contributed by atoms with van der Waals surface area (Å²) < 4.78 is 27.6. The zero-order valence-electron chi connectivity index (χ0n) is 18.9. The molecule has 34 heavy (non-hydrogen) atoms. The molecule has 2 amide bonds. The highest BCUT2D eigenvalue weighted by molar-refractivity contribution is 6.10. The minimum Gasteiger partial charge on any atom is -0.357 e. The number of rotatable bonds is 6. The minimum atomic E-state index is -0.662. The fourth-order valence-electron chi connectivity index (χ4n) is 5.30. The van der Waals surface area contributed by atoms with Crippen LogP contribution in [0.2, 0.25) is 0 Å². The summed E-state index contributed by atoms with van der Waals surface area (Å²) in [5, 5.41) is 2.96. The molecule has 180 valence electrons. The van der Waals surface area contributed by atoms with E-state index in [-0.39, 0.29) is 23.9 Å². The number of fused-ring (bicyclic) bond motifs is 2. The number of allylic oxidation sites excluding steroid dienone is 1. The molecule has 0 saturated carbocycles. The van der Waals surface area contributed by atoms with Gasteiger partial charge in [-0.2, -0.15) is 0 Å². The van der Waals surface area contributed by atoms with Crippen LogP contribution < -0.4 is 10.8 Å². The lowest BCUT2D eigenvalue weighted by Gasteiger charge is -2.34. The molecule has 0 spiro atoms. The largest absolute Gasteiger partial charge is 0.357 e. The van der Waals surface area contributed by atoms with E-state index in [9.17, 15) is 18.4 Å². The fraction of sp³-hybridized carbons (Fsp3) is 0.458. The normalized spacial score (nSPS) is 24.4. The van der Waals surface area contributed by atoms with Crippen LogP contribution in [0.15, 0.2) is 46.1 Å². The van der Waals surface area contributed by atoms with E-state index in [1.165, 1.54) is 19.2 Å². The monoisotopic (exact) mass is 471 g/mol. The van der Waals surface area contributed by atoms with Crippen LogP contribution in [0.5, 0.6) is 0 Å². The number of amides is 2.